The largest absolute Gasteiger partial charge is 0.385 e. The molecule has 1 aromatic carbocycles. The molecule has 2 atom stereocenters. The first-order valence-electron chi connectivity index (χ1n) is 6.80. The number of nitrogens with zero attached hydrogens (tertiary/aromatic N) is 1. The van der Waals surface area contributed by atoms with E-state index < -0.39 is 5.60 Å². The van der Waals surface area contributed by atoms with Crippen LogP contribution in [-0.4, -0.2) is 22.3 Å². The molecule has 0 amide bonds. The molecule has 1 aliphatic heterocycles. The van der Waals surface area contributed by atoms with E-state index in [-0.39, 0.29) is 12.2 Å². The van der Waals surface area contributed by atoms with Gasteiger partial charge in [0.25, 0.3) is 0 Å². The maximum Gasteiger partial charge on any atom is 0.0952 e. The van der Waals surface area contributed by atoms with Crippen molar-refractivity contribution in [3.63, 3.8) is 0 Å². The topological polar surface area (TPSA) is 42.4 Å². The van der Waals surface area contributed by atoms with Gasteiger partial charge in [0.05, 0.1) is 23.3 Å². The van der Waals surface area contributed by atoms with E-state index in [0.29, 0.717) is 12.8 Å². The molecule has 0 bridgehead atoms. The Hall–Kier alpha value is -1.45. The second-order valence-corrected chi connectivity index (χ2v) is 5.57. The number of hydrogen-bond donors (Lipinski definition) is 1. The molecule has 0 saturated carbocycles. The van der Waals surface area contributed by atoms with E-state index in [1.165, 1.54) is 0 Å². The lowest BCUT2D eigenvalue weighted by Crippen LogP contribution is -2.41. The number of pyridine rings is 1. The normalized spacial score (nSPS) is 31.5. The summed E-state index contributed by atoms with van der Waals surface area (Å²) in [6.07, 6.45) is 3.18. The molecule has 2 unspecified atom stereocenters. The lowest BCUT2D eigenvalue weighted by Gasteiger charge is -2.40. The van der Waals surface area contributed by atoms with Crippen molar-refractivity contribution in [1.82, 2.24) is 4.98 Å². The number of rotatable bonds is 1. The molecule has 0 aliphatic carbocycles. The van der Waals surface area contributed by atoms with Gasteiger partial charge in [-0.1, -0.05) is 18.2 Å². The van der Waals surface area contributed by atoms with Crippen LogP contribution < -0.4 is 0 Å². The van der Waals surface area contributed by atoms with Gasteiger partial charge in [0.15, 0.2) is 0 Å². The van der Waals surface area contributed by atoms with Gasteiger partial charge in [-0.25, -0.2) is 0 Å². The second-order valence-electron chi connectivity index (χ2n) is 5.57. The van der Waals surface area contributed by atoms with Crippen LogP contribution in [0.25, 0.3) is 10.9 Å². The Morgan fingerprint density at radius 2 is 1.89 bits per heavy atom. The van der Waals surface area contributed by atoms with E-state index in [2.05, 4.69) is 4.98 Å². The summed E-state index contributed by atoms with van der Waals surface area (Å²) in [4.78, 5) is 4.36. The summed E-state index contributed by atoms with van der Waals surface area (Å²) in [5.74, 6) is 0. The molecule has 1 aromatic heterocycles. The first kappa shape index (κ1) is 12.6. The van der Waals surface area contributed by atoms with E-state index in [1.807, 2.05) is 44.2 Å². The fourth-order valence-electron chi connectivity index (χ4n) is 3.26. The van der Waals surface area contributed by atoms with Gasteiger partial charge >= 0.3 is 0 Å². The zero-order valence-electron chi connectivity index (χ0n) is 11.3. The molecule has 0 spiro atoms. The van der Waals surface area contributed by atoms with Gasteiger partial charge in [-0.3, -0.25) is 4.98 Å². The molecule has 2 heterocycles. The third-order valence-electron chi connectivity index (χ3n) is 3.86. The Bertz CT molecular complexity index is 581. The number of ether oxygens (including phenoxy) is 1. The molecule has 19 heavy (non-hydrogen) atoms. The van der Waals surface area contributed by atoms with Gasteiger partial charge in [-0.05, 0) is 31.5 Å². The van der Waals surface area contributed by atoms with Crippen molar-refractivity contribution in [3.8, 4) is 0 Å². The number of hydrogen-bond acceptors (Lipinski definition) is 3. The van der Waals surface area contributed by atoms with Crippen molar-refractivity contribution >= 4 is 10.9 Å². The van der Waals surface area contributed by atoms with E-state index in [9.17, 15) is 5.11 Å². The third kappa shape index (κ3) is 2.24. The lowest BCUT2D eigenvalue weighted by molar-refractivity contribution is -0.135. The van der Waals surface area contributed by atoms with Crippen LogP contribution in [0.3, 0.4) is 0 Å². The van der Waals surface area contributed by atoms with E-state index in [4.69, 9.17) is 4.74 Å². The summed E-state index contributed by atoms with van der Waals surface area (Å²) in [7, 11) is 0. The molecule has 100 valence electrons. The van der Waals surface area contributed by atoms with Crippen LogP contribution in [0.15, 0.2) is 36.5 Å². The van der Waals surface area contributed by atoms with Gasteiger partial charge in [-0.15, -0.1) is 0 Å². The zero-order chi connectivity index (χ0) is 13.5. The Morgan fingerprint density at radius 3 is 2.63 bits per heavy atom. The molecule has 3 nitrogen and oxygen atoms in total. The standard InChI is InChI=1S/C16H19NO2/c1-11-9-16(18,10-12(2)19-11)14-6-3-7-15-13(14)5-4-8-17-15/h3-8,11-12,18H,9-10H2,1-2H3. The summed E-state index contributed by atoms with van der Waals surface area (Å²) in [5, 5.41) is 12.1. The van der Waals surface area contributed by atoms with E-state index in [1.54, 1.807) is 6.20 Å². The van der Waals surface area contributed by atoms with Crippen LogP contribution in [0.1, 0.15) is 32.3 Å². The smallest absolute Gasteiger partial charge is 0.0952 e. The average Bonchev–Trinajstić information content (AvgIpc) is 2.36. The molecule has 2 aromatic rings. The van der Waals surface area contributed by atoms with Gasteiger partial charge in [0.1, 0.15) is 0 Å². The van der Waals surface area contributed by atoms with Crippen molar-refractivity contribution in [3.05, 3.63) is 42.1 Å². The lowest BCUT2D eigenvalue weighted by atomic mass is 9.80. The minimum absolute atomic E-state index is 0.0701. The van der Waals surface area contributed by atoms with Crippen LogP contribution in [0.4, 0.5) is 0 Å². The van der Waals surface area contributed by atoms with Crippen LogP contribution in [0.5, 0.6) is 0 Å². The molecule has 1 fully saturated rings. The van der Waals surface area contributed by atoms with Gasteiger partial charge < -0.3 is 9.84 Å². The summed E-state index contributed by atoms with van der Waals surface area (Å²) in [6, 6.07) is 9.90. The van der Waals surface area contributed by atoms with Crippen molar-refractivity contribution in [2.24, 2.45) is 0 Å². The molecule has 0 radical (unpaired) electrons. The summed E-state index contributed by atoms with van der Waals surface area (Å²) >= 11 is 0. The highest BCUT2D eigenvalue weighted by Gasteiger charge is 2.39. The first-order chi connectivity index (χ1) is 9.08. The molecule has 1 N–H and O–H groups in total. The second kappa shape index (κ2) is 4.58. The Balaban J connectivity index is 2.12. The maximum atomic E-state index is 11.1. The molecule has 3 rings (SSSR count). The Morgan fingerprint density at radius 1 is 1.16 bits per heavy atom. The number of fused-ring (bicyclic) bond motifs is 1. The number of aromatic nitrogens is 1. The van der Waals surface area contributed by atoms with Crippen LogP contribution in [0.2, 0.25) is 0 Å². The van der Waals surface area contributed by atoms with E-state index in [0.717, 1.165) is 16.5 Å². The Labute approximate surface area is 113 Å². The monoisotopic (exact) mass is 257 g/mol. The van der Waals surface area contributed by atoms with Crippen molar-refractivity contribution in [1.29, 1.82) is 0 Å². The summed E-state index contributed by atoms with van der Waals surface area (Å²) < 4.78 is 5.74. The minimum atomic E-state index is -0.820. The third-order valence-corrected chi connectivity index (χ3v) is 3.86. The highest BCUT2D eigenvalue weighted by molar-refractivity contribution is 5.82. The number of aliphatic hydroxyl groups is 1. The van der Waals surface area contributed by atoms with Gasteiger partial charge in [0.2, 0.25) is 0 Å². The van der Waals surface area contributed by atoms with Crippen LogP contribution >= 0.6 is 0 Å². The first-order valence-corrected chi connectivity index (χ1v) is 6.80. The Kier molecular flexibility index (Phi) is 3.03. The quantitative estimate of drug-likeness (QED) is 0.854. The summed E-state index contributed by atoms with van der Waals surface area (Å²) in [6.45, 7) is 4.04. The SMILES string of the molecule is CC1CC(O)(c2cccc3ncccc23)CC(C)O1. The van der Waals surface area contributed by atoms with Crippen molar-refractivity contribution < 1.29 is 9.84 Å². The fraction of sp³-hybridized carbons (Fsp3) is 0.438. The average molecular weight is 257 g/mol. The van der Waals surface area contributed by atoms with Crippen LogP contribution in [0, 0.1) is 0 Å². The zero-order valence-corrected chi connectivity index (χ0v) is 11.3. The van der Waals surface area contributed by atoms with Gasteiger partial charge in [-0.2, -0.15) is 0 Å². The van der Waals surface area contributed by atoms with E-state index >= 15 is 0 Å². The van der Waals surface area contributed by atoms with Gasteiger partial charge in [0, 0.05) is 24.4 Å². The highest BCUT2D eigenvalue weighted by atomic mass is 16.5. The maximum absolute atomic E-state index is 11.1. The van der Waals surface area contributed by atoms with Crippen molar-refractivity contribution in [2.45, 2.75) is 44.5 Å². The van der Waals surface area contributed by atoms with Crippen LogP contribution in [-0.2, 0) is 10.3 Å². The molecule has 1 aliphatic rings. The molecule has 1 saturated heterocycles. The predicted molar refractivity (Wildman–Crippen MR) is 74.9 cm³/mol. The molecular weight excluding hydrogens is 238 g/mol. The number of benzene rings is 1. The summed E-state index contributed by atoms with van der Waals surface area (Å²) in [5.41, 5.74) is 1.08. The predicted octanol–water partition coefficient (Wildman–Crippen LogP) is 3.01. The molecular formula is C16H19NO2. The highest BCUT2D eigenvalue weighted by Crippen LogP contribution is 2.39. The fourth-order valence-corrected chi connectivity index (χ4v) is 3.26. The molecule has 3 heteroatoms. The van der Waals surface area contributed by atoms with Crippen molar-refractivity contribution in [2.75, 3.05) is 0 Å². The minimum Gasteiger partial charge on any atom is -0.385 e.